The number of methoxy groups -OCH3 is 1. The molecule has 0 amide bonds. The van der Waals surface area contributed by atoms with Crippen molar-refractivity contribution in [2.24, 2.45) is 0 Å². The van der Waals surface area contributed by atoms with E-state index in [1.807, 2.05) is 6.92 Å². The summed E-state index contributed by atoms with van der Waals surface area (Å²) in [6, 6.07) is 1.78. The van der Waals surface area contributed by atoms with Crippen LogP contribution >= 0.6 is 0 Å². The highest BCUT2D eigenvalue weighted by Gasteiger charge is 2.00. The summed E-state index contributed by atoms with van der Waals surface area (Å²) < 4.78 is 9.86. The molecule has 106 valence electrons. The number of carbonyl (C=O) groups excluding carboxylic acids is 1. The zero-order valence-corrected chi connectivity index (χ0v) is 11.5. The van der Waals surface area contributed by atoms with Crippen molar-refractivity contribution in [1.29, 1.82) is 0 Å². The highest BCUT2D eigenvalue weighted by Crippen LogP contribution is 2.11. The van der Waals surface area contributed by atoms with Crippen LogP contribution in [0, 0.1) is 0 Å². The van der Waals surface area contributed by atoms with Crippen LogP contribution in [0.2, 0.25) is 0 Å². The second kappa shape index (κ2) is 9.13. The van der Waals surface area contributed by atoms with Crippen LogP contribution in [0.25, 0.3) is 0 Å². The van der Waals surface area contributed by atoms with E-state index in [4.69, 9.17) is 4.74 Å². The van der Waals surface area contributed by atoms with Gasteiger partial charge in [-0.2, -0.15) is 0 Å². The summed E-state index contributed by atoms with van der Waals surface area (Å²) in [5.74, 6) is 1.18. The molecule has 0 atom stereocenters. The number of carbonyl (C=O) groups is 1. The van der Waals surface area contributed by atoms with Crippen LogP contribution in [-0.2, 0) is 9.53 Å². The van der Waals surface area contributed by atoms with Crippen LogP contribution in [0.4, 0.5) is 5.82 Å². The number of hydrogen-bond acceptors (Lipinski definition) is 6. The van der Waals surface area contributed by atoms with E-state index < -0.39 is 0 Å². The van der Waals surface area contributed by atoms with E-state index >= 15 is 0 Å². The number of nitrogens with one attached hydrogen (secondary N) is 1. The molecule has 0 unspecified atom stereocenters. The van der Waals surface area contributed by atoms with Gasteiger partial charge in [-0.1, -0.05) is 6.42 Å². The number of nitrogens with zero attached hydrogens (tertiary/aromatic N) is 2. The average Bonchev–Trinajstić information content (AvgIpc) is 2.43. The van der Waals surface area contributed by atoms with Gasteiger partial charge >= 0.3 is 5.97 Å². The minimum atomic E-state index is -0.148. The van der Waals surface area contributed by atoms with E-state index in [0.717, 1.165) is 31.6 Å². The van der Waals surface area contributed by atoms with Crippen LogP contribution in [0.3, 0.4) is 0 Å². The maximum absolute atomic E-state index is 10.9. The van der Waals surface area contributed by atoms with Gasteiger partial charge in [0.05, 0.1) is 13.7 Å². The number of ether oxygens (including phenoxy) is 2. The Bertz CT molecular complexity index is 385. The van der Waals surface area contributed by atoms with Crippen molar-refractivity contribution in [3.8, 4) is 5.88 Å². The first-order valence-corrected chi connectivity index (χ1v) is 6.51. The molecule has 0 radical (unpaired) electrons. The van der Waals surface area contributed by atoms with Gasteiger partial charge in [0.1, 0.15) is 12.1 Å². The first kappa shape index (κ1) is 15.2. The maximum atomic E-state index is 10.9. The number of anilines is 1. The van der Waals surface area contributed by atoms with Gasteiger partial charge in [-0.3, -0.25) is 4.79 Å². The number of esters is 1. The Balaban J connectivity index is 2.15. The van der Waals surface area contributed by atoms with Crippen LogP contribution < -0.4 is 10.1 Å². The van der Waals surface area contributed by atoms with Gasteiger partial charge in [-0.05, 0) is 19.8 Å². The van der Waals surface area contributed by atoms with E-state index in [9.17, 15) is 4.79 Å². The predicted octanol–water partition coefficient (Wildman–Crippen LogP) is 2.02. The number of rotatable bonds is 9. The molecule has 6 heteroatoms. The van der Waals surface area contributed by atoms with Gasteiger partial charge in [0.25, 0.3) is 0 Å². The first-order chi connectivity index (χ1) is 9.26. The quantitative estimate of drug-likeness (QED) is 0.545. The molecule has 1 aromatic rings. The minimum Gasteiger partial charge on any atom is -0.478 e. The highest BCUT2D eigenvalue weighted by atomic mass is 16.5. The fourth-order valence-electron chi connectivity index (χ4n) is 1.55. The lowest BCUT2D eigenvalue weighted by atomic mass is 10.2. The second-order valence-corrected chi connectivity index (χ2v) is 3.99. The van der Waals surface area contributed by atoms with Gasteiger partial charge in [0.15, 0.2) is 0 Å². The predicted molar refractivity (Wildman–Crippen MR) is 72.2 cm³/mol. The lowest BCUT2D eigenvalue weighted by Crippen LogP contribution is -2.05. The molecule has 0 aliphatic rings. The summed E-state index contributed by atoms with van der Waals surface area (Å²) in [6.07, 6.45) is 4.77. The van der Waals surface area contributed by atoms with Gasteiger partial charge < -0.3 is 14.8 Å². The summed E-state index contributed by atoms with van der Waals surface area (Å²) in [5.41, 5.74) is 0. The Morgan fingerprint density at radius 2 is 2.16 bits per heavy atom. The van der Waals surface area contributed by atoms with Gasteiger partial charge in [-0.25, -0.2) is 9.97 Å². The lowest BCUT2D eigenvalue weighted by molar-refractivity contribution is -0.140. The Kier molecular flexibility index (Phi) is 7.31. The topological polar surface area (TPSA) is 73.3 Å². The van der Waals surface area contributed by atoms with E-state index in [1.54, 1.807) is 6.07 Å². The second-order valence-electron chi connectivity index (χ2n) is 3.99. The molecule has 1 heterocycles. The normalized spacial score (nSPS) is 10.0. The molecule has 0 aromatic carbocycles. The summed E-state index contributed by atoms with van der Waals surface area (Å²) >= 11 is 0. The Morgan fingerprint density at radius 3 is 2.89 bits per heavy atom. The third-order valence-corrected chi connectivity index (χ3v) is 2.53. The molecule has 0 aliphatic heterocycles. The zero-order chi connectivity index (χ0) is 13.9. The molecule has 0 bridgehead atoms. The standard InChI is InChI=1S/C13H21N3O3/c1-3-19-12-9-11(15-10-16-12)14-8-6-4-5-7-13(17)18-2/h9-10H,3-8H2,1-2H3,(H,14,15,16). The average molecular weight is 267 g/mol. The Hall–Kier alpha value is -1.85. The summed E-state index contributed by atoms with van der Waals surface area (Å²) in [4.78, 5) is 19.0. The molecular weight excluding hydrogens is 246 g/mol. The van der Waals surface area contributed by atoms with Crippen LogP contribution in [-0.4, -0.2) is 36.2 Å². The molecule has 19 heavy (non-hydrogen) atoms. The number of hydrogen-bond donors (Lipinski definition) is 1. The minimum absolute atomic E-state index is 0.148. The van der Waals surface area contributed by atoms with Crippen LogP contribution in [0.5, 0.6) is 5.88 Å². The molecule has 0 aliphatic carbocycles. The molecule has 0 fully saturated rings. The van der Waals surface area contributed by atoms with Crippen molar-refractivity contribution < 1.29 is 14.3 Å². The Morgan fingerprint density at radius 1 is 1.32 bits per heavy atom. The van der Waals surface area contributed by atoms with E-state index in [-0.39, 0.29) is 5.97 Å². The monoisotopic (exact) mass is 267 g/mol. The third-order valence-electron chi connectivity index (χ3n) is 2.53. The molecule has 0 spiro atoms. The Labute approximate surface area is 113 Å². The molecule has 6 nitrogen and oxygen atoms in total. The molecule has 1 N–H and O–H groups in total. The first-order valence-electron chi connectivity index (χ1n) is 6.51. The van der Waals surface area contributed by atoms with Crippen LogP contribution in [0.15, 0.2) is 12.4 Å². The third kappa shape index (κ3) is 6.59. The van der Waals surface area contributed by atoms with Gasteiger partial charge in [0, 0.05) is 19.0 Å². The van der Waals surface area contributed by atoms with Crippen molar-refractivity contribution in [2.45, 2.75) is 32.6 Å². The van der Waals surface area contributed by atoms with E-state index in [0.29, 0.717) is 18.9 Å². The highest BCUT2D eigenvalue weighted by molar-refractivity contribution is 5.68. The fourth-order valence-corrected chi connectivity index (χ4v) is 1.55. The number of aromatic nitrogens is 2. The van der Waals surface area contributed by atoms with Crippen molar-refractivity contribution in [2.75, 3.05) is 25.6 Å². The SMILES string of the molecule is CCOc1cc(NCCCCCC(=O)OC)ncn1. The van der Waals surface area contributed by atoms with Gasteiger partial charge in [-0.15, -0.1) is 0 Å². The maximum Gasteiger partial charge on any atom is 0.305 e. The molecular formula is C13H21N3O3. The zero-order valence-electron chi connectivity index (χ0n) is 11.5. The van der Waals surface area contributed by atoms with Crippen LogP contribution in [0.1, 0.15) is 32.6 Å². The van der Waals surface area contributed by atoms with E-state index in [1.165, 1.54) is 13.4 Å². The van der Waals surface area contributed by atoms with Crippen molar-refractivity contribution in [3.05, 3.63) is 12.4 Å². The lowest BCUT2D eigenvalue weighted by Gasteiger charge is -2.07. The van der Waals surface area contributed by atoms with Crippen molar-refractivity contribution >= 4 is 11.8 Å². The number of unbranched alkanes of at least 4 members (excludes halogenated alkanes) is 2. The summed E-state index contributed by atoms with van der Waals surface area (Å²) in [5, 5.41) is 3.20. The molecule has 0 saturated heterocycles. The molecule has 0 saturated carbocycles. The summed E-state index contributed by atoms with van der Waals surface area (Å²) in [6.45, 7) is 3.31. The van der Waals surface area contributed by atoms with Crippen molar-refractivity contribution in [1.82, 2.24) is 9.97 Å². The largest absolute Gasteiger partial charge is 0.478 e. The summed E-state index contributed by atoms with van der Waals surface area (Å²) in [7, 11) is 1.41. The molecule has 1 rings (SSSR count). The van der Waals surface area contributed by atoms with E-state index in [2.05, 4.69) is 20.0 Å². The van der Waals surface area contributed by atoms with Gasteiger partial charge in [0.2, 0.25) is 5.88 Å². The molecule has 1 aromatic heterocycles. The van der Waals surface area contributed by atoms with Crippen molar-refractivity contribution in [3.63, 3.8) is 0 Å². The smallest absolute Gasteiger partial charge is 0.305 e. The fraction of sp³-hybridized carbons (Fsp3) is 0.615.